The molecule has 2 aromatic carbocycles. The Kier molecular flexibility index (Phi) is 4.33. The molecule has 0 aliphatic rings. The number of methoxy groups -OCH3 is 1. The van der Waals surface area contributed by atoms with Gasteiger partial charge in [-0.3, -0.25) is 0 Å². The van der Waals surface area contributed by atoms with Crippen molar-refractivity contribution in [1.29, 1.82) is 0 Å². The largest absolute Gasteiger partial charge is 0.497 e. The summed E-state index contributed by atoms with van der Waals surface area (Å²) in [6, 6.07) is 17.1. The normalized spacial score (nSPS) is 12.1. The number of nitrogens with zero attached hydrogens (tertiary/aromatic N) is 1. The second-order valence-electron chi connectivity index (χ2n) is 5.42. The number of hydrogen-bond donors (Lipinski definition) is 0. The molecule has 0 saturated carbocycles. The summed E-state index contributed by atoms with van der Waals surface area (Å²) in [5.41, 5.74) is 1.96. The highest BCUT2D eigenvalue weighted by Crippen LogP contribution is 2.25. The second-order valence-corrected chi connectivity index (χ2v) is 5.42. The van der Waals surface area contributed by atoms with Crippen LogP contribution in [0.2, 0.25) is 0 Å². The monoisotopic (exact) mass is 309 g/mol. The standard InChI is InChI=1S/C19H19NO3/c1-14(19(21)23-13-15-6-4-3-5-7-15)20-11-10-16-12-17(22-2)8-9-18(16)20/h3-12,14H,13H2,1-2H3. The van der Waals surface area contributed by atoms with Gasteiger partial charge in [0.1, 0.15) is 18.4 Å². The molecule has 1 heterocycles. The van der Waals surface area contributed by atoms with E-state index in [0.29, 0.717) is 0 Å². The molecule has 0 saturated heterocycles. The molecule has 118 valence electrons. The van der Waals surface area contributed by atoms with E-state index < -0.39 is 0 Å². The van der Waals surface area contributed by atoms with Gasteiger partial charge in [-0.05, 0) is 36.8 Å². The number of hydrogen-bond acceptors (Lipinski definition) is 3. The minimum Gasteiger partial charge on any atom is -0.497 e. The van der Waals surface area contributed by atoms with Gasteiger partial charge in [0.2, 0.25) is 0 Å². The first-order valence-corrected chi connectivity index (χ1v) is 7.54. The number of fused-ring (bicyclic) bond motifs is 1. The Bertz CT molecular complexity index is 808. The fourth-order valence-corrected chi connectivity index (χ4v) is 2.57. The van der Waals surface area contributed by atoms with Crippen LogP contribution in [0.4, 0.5) is 0 Å². The lowest BCUT2D eigenvalue weighted by atomic mass is 10.2. The van der Waals surface area contributed by atoms with E-state index in [9.17, 15) is 4.79 Å². The van der Waals surface area contributed by atoms with Crippen molar-refractivity contribution in [2.45, 2.75) is 19.6 Å². The second kappa shape index (κ2) is 6.57. The van der Waals surface area contributed by atoms with Gasteiger partial charge in [-0.25, -0.2) is 4.79 Å². The fourth-order valence-electron chi connectivity index (χ4n) is 2.57. The first-order valence-electron chi connectivity index (χ1n) is 7.54. The van der Waals surface area contributed by atoms with Gasteiger partial charge in [0, 0.05) is 17.1 Å². The maximum atomic E-state index is 12.3. The molecule has 1 unspecified atom stereocenters. The maximum absolute atomic E-state index is 12.3. The summed E-state index contributed by atoms with van der Waals surface area (Å²) in [7, 11) is 1.64. The summed E-state index contributed by atoms with van der Waals surface area (Å²) in [5, 5.41) is 1.03. The van der Waals surface area contributed by atoms with Crippen LogP contribution in [0.5, 0.6) is 5.75 Å². The molecule has 0 fully saturated rings. The minimum absolute atomic E-state index is 0.248. The topological polar surface area (TPSA) is 40.5 Å². The van der Waals surface area contributed by atoms with E-state index in [2.05, 4.69) is 0 Å². The van der Waals surface area contributed by atoms with Crippen molar-refractivity contribution in [1.82, 2.24) is 4.57 Å². The van der Waals surface area contributed by atoms with Gasteiger partial charge in [-0.1, -0.05) is 30.3 Å². The van der Waals surface area contributed by atoms with Crippen molar-refractivity contribution < 1.29 is 14.3 Å². The molecule has 3 aromatic rings. The number of aromatic nitrogens is 1. The predicted octanol–water partition coefficient (Wildman–Crippen LogP) is 3.95. The number of carbonyl (C=O) groups excluding carboxylic acids is 1. The van der Waals surface area contributed by atoms with Crippen molar-refractivity contribution in [2.75, 3.05) is 7.11 Å². The van der Waals surface area contributed by atoms with Gasteiger partial charge in [0.15, 0.2) is 0 Å². The van der Waals surface area contributed by atoms with Crippen LogP contribution in [0.15, 0.2) is 60.8 Å². The lowest BCUT2D eigenvalue weighted by Crippen LogP contribution is -2.18. The van der Waals surface area contributed by atoms with Gasteiger partial charge in [-0.2, -0.15) is 0 Å². The first-order chi connectivity index (χ1) is 11.2. The average Bonchev–Trinajstić information content (AvgIpc) is 3.02. The highest BCUT2D eigenvalue weighted by atomic mass is 16.5. The molecule has 4 nitrogen and oxygen atoms in total. The molecule has 0 N–H and O–H groups in total. The van der Waals surface area contributed by atoms with Crippen LogP contribution in [0.25, 0.3) is 10.9 Å². The van der Waals surface area contributed by atoms with E-state index in [-0.39, 0.29) is 18.6 Å². The Morgan fingerprint density at radius 3 is 2.65 bits per heavy atom. The Morgan fingerprint density at radius 1 is 1.13 bits per heavy atom. The van der Waals surface area contributed by atoms with Crippen LogP contribution in [-0.4, -0.2) is 17.6 Å². The van der Waals surface area contributed by atoms with Crippen molar-refractivity contribution >= 4 is 16.9 Å². The average molecular weight is 309 g/mol. The Labute approximate surface area is 135 Å². The number of rotatable bonds is 5. The van der Waals surface area contributed by atoms with Crippen LogP contribution in [0.3, 0.4) is 0 Å². The molecular weight excluding hydrogens is 290 g/mol. The third-order valence-corrected chi connectivity index (χ3v) is 3.91. The van der Waals surface area contributed by atoms with Crippen LogP contribution in [0, 0.1) is 0 Å². The summed E-state index contributed by atoms with van der Waals surface area (Å²) >= 11 is 0. The molecule has 0 aliphatic heterocycles. The summed E-state index contributed by atoms with van der Waals surface area (Å²) < 4.78 is 12.6. The molecule has 1 aromatic heterocycles. The molecule has 0 amide bonds. The molecule has 0 spiro atoms. The summed E-state index contributed by atoms with van der Waals surface area (Å²) in [5.74, 6) is 0.553. The predicted molar refractivity (Wildman–Crippen MR) is 89.4 cm³/mol. The zero-order chi connectivity index (χ0) is 16.2. The van der Waals surface area contributed by atoms with Crippen molar-refractivity contribution in [3.8, 4) is 5.75 Å². The third kappa shape index (κ3) is 3.21. The molecule has 0 radical (unpaired) electrons. The smallest absolute Gasteiger partial charge is 0.329 e. The number of esters is 1. The fraction of sp³-hybridized carbons (Fsp3) is 0.211. The van der Waals surface area contributed by atoms with E-state index in [1.54, 1.807) is 7.11 Å². The van der Waals surface area contributed by atoms with Crippen molar-refractivity contribution in [3.63, 3.8) is 0 Å². The Hall–Kier alpha value is -2.75. The van der Waals surface area contributed by atoms with E-state index in [0.717, 1.165) is 22.2 Å². The molecule has 4 heteroatoms. The van der Waals surface area contributed by atoms with Gasteiger partial charge in [-0.15, -0.1) is 0 Å². The number of benzene rings is 2. The van der Waals surface area contributed by atoms with Gasteiger partial charge < -0.3 is 14.0 Å². The lowest BCUT2D eigenvalue weighted by molar-refractivity contribution is -0.148. The summed E-state index contributed by atoms with van der Waals surface area (Å²) in [6.45, 7) is 2.13. The number of ether oxygens (including phenoxy) is 2. The molecule has 1 atom stereocenters. The minimum atomic E-state index is -0.385. The molecule has 3 rings (SSSR count). The summed E-state index contributed by atoms with van der Waals surface area (Å²) in [4.78, 5) is 12.3. The van der Waals surface area contributed by atoms with Crippen LogP contribution >= 0.6 is 0 Å². The van der Waals surface area contributed by atoms with Crippen LogP contribution in [0.1, 0.15) is 18.5 Å². The van der Waals surface area contributed by atoms with Crippen LogP contribution in [-0.2, 0) is 16.1 Å². The van der Waals surface area contributed by atoms with Gasteiger partial charge in [0.25, 0.3) is 0 Å². The van der Waals surface area contributed by atoms with Crippen molar-refractivity contribution in [2.24, 2.45) is 0 Å². The van der Waals surface area contributed by atoms with Gasteiger partial charge >= 0.3 is 5.97 Å². The zero-order valence-electron chi connectivity index (χ0n) is 13.2. The third-order valence-electron chi connectivity index (χ3n) is 3.91. The Morgan fingerprint density at radius 2 is 1.91 bits per heavy atom. The first kappa shape index (κ1) is 15.2. The highest BCUT2D eigenvalue weighted by molar-refractivity contribution is 5.84. The van der Waals surface area contributed by atoms with E-state index in [1.165, 1.54) is 0 Å². The number of carbonyl (C=O) groups is 1. The molecular formula is C19H19NO3. The quantitative estimate of drug-likeness (QED) is 0.670. The van der Waals surface area contributed by atoms with Gasteiger partial charge in [0.05, 0.1) is 7.11 Å². The Balaban J connectivity index is 1.74. The molecule has 0 aliphatic carbocycles. The summed E-state index contributed by atoms with van der Waals surface area (Å²) in [6.07, 6.45) is 1.90. The lowest BCUT2D eigenvalue weighted by Gasteiger charge is -2.15. The molecule has 23 heavy (non-hydrogen) atoms. The highest BCUT2D eigenvalue weighted by Gasteiger charge is 2.18. The van der Waals surface area contributed by atoms with Crippen LogP contribution < -0.4 is 4.74 Å². The SMILES string of the molecule is COc1ccc2c(ccn2C(C)C(=O)OCc2ccccc2)c1. The zero-order valence-corrected chi connectivity index (χ0v) is 13.2. The van der Waals surface area contributed by atoms with E-state index >= 15 is 0 Å². The van der Waals surface area contributed by atoms with E-state index in [1.807, 2.05) is 72.3 Å². The van der Waals surface area contributed by atoms with Crippen molar-refractivity contribution in [3.05, 3.63) is 66.4 Å². The maximum Gasteiger partial charge on any atom is 0.329 e. The molecule has 0 bridgehead atoms. The van der Waals surface area contributed by atoms with E-state index in [4.69, 9.17) is 9.47 Å².